The summed E-state index contributed by atoms with van der Waals surface area (Å²) in [6.07, 6.45) is 1.91. The van der Waals surface area contributed by atoms with Crippen LogP contribution in [0.1, 0.15) is 0 Å². The number of rotatable bonds is 3. The number of ether oxygens (including phenoxy) is 1. The summed E-state index contributed by atoms with van der Waals surface area (Å²) in [4.78, 5) is 4.62. The first-order chi connectivity index (χ1) is 10.3. The molecular weight excluding hydrogens is 277 g/mol. The molecule has 21 heavy (non-hydrogen) atoms. The van der Waals surface area contributed by atoms with Crippen LogP contribution < -0.4 is 10.0 Å². The van der Waals surface area contributed by atoms with E-state index in [9.17, 15) is 0 Å². The Kier molecular flexibility index (Phi) is 3.98. The molecule has 0 saturated heterocycles. The van der Waals surface area contributed by atoms with Gasteiger partial charge in [0.25, 0.3) is 0 Å². The van der Waals surface area contributed by atoms with Crippen molar-refractivity contribution in [1.29, 1.82) is 0 Å². The fourth-order valence-electron chi connectivity index (χ4n) is 2.36. The second-order valence-electron chi connectivity index (χ2n) is 4.70. The van der Waals surface area contributed by atoms with Gasteiger partial charge in [0.1, 0.15) is 5.69 Å². The standard InChI is InChI=1S/C18H16NOP/c1-20-17-16(14-10-6-3-7-11-14)19-12-15(18(17)21)13-8-4-2-5-9-13/h2-12H,21H2,1H3. The van der Waals surface area contributed by atoms with E-state index < -0.39 is 0 Å². The van der Waals surface area contributed by atoms with E-state index in [1.807, 2.05) is 54.7 Å². The van der Waals surface area contributed by atoms with Crippen molar-refractivity contribution >= 4 is 14.5 Å². The molecule has 3 rings (SSSR count). The van der Waals surface area contributed by atoms with Gasteiger partial charge in [0.05, 0.1) is 7.11 Å². The Morgan fingerprint density at radius 3 is 2.00 bits per heavy atom. The van der Waals surface area contributed by atoms with Crippen molar-refractivity contribution in [3.63, 3.8) is 0 Å². The number of pyridine rings is 1. The van der Waals surface area contributed by atoms with Crippen molar-refractivity contribution in [3.05, 3.63) is 66.9 Å². The predicted octanol–water partition coefficient (Wildman–Crippen LogP) is 3.92. The Bertz CT molecular complexity index is 742. The summed E-state index contributed by atoms with van der Waals surface area (Å²) >= 11 is 0. The summed E-state index contributed by atoms with van der Waals surface area (Å²) < 4.78 is 5.61. The van der Waals surface area contributed by atoms with Gasteiger partial charge in [-0.15, -0.1) is 9.24 Å². The van der Waals surface area contributed by atoms with E-state index in [0.29, 0.717) is 0 Å². The number of nitrogens with zero attached hydrogens (tertiary/aromatic N) is 1. The third kappa shape index (κ3) is 2.68. The van der Waals surface area contributed by atoms with Crippen LogP contribution in [0.15, 0.2) is 66.9 Å². The summed E-state index contributed by atoms with van der Waals surface area (Å²) in [6, 6.07) is 20.3. The Morgan fingerprint density at radius 2 is 1.43 bits per heavy atom. The Morgan fingerprint density at radius 1 is 0.857 bits per heavy atom. The lowest BCUT2D eigenvalue weighted by molar-refractivity contribution is 0.418. The average Bonchev–Trinajstić information content (AvgIpc) is 2.56. The lowest BCUT2D eigenvalue weighted by Gasteiger charge is -2.14. The first-order valence-corrected chi connectivity index (χ1v) is 7.32. The third-order valence-electron chi connectivity index (χ3n) is 3.41. The smallest absolute Gasteiger partial charge is 0.152 e. The molecule has 1 heterocycles. The lowest BCUT2D eigenvalue weighted by atomic mass is 10.0. The number of benzene rings is 2. The SMILES string of the molecule is COc1c(-c2ccccc2)ncc(-c2ccccc2)c1P. The van der Waals surface area contributed by atoms with E-state index in [4.69, 9.17) is 4.74 Å². The van der Waals surface area contributed by atoms with E-state index in [2.05, 4.69) is 26.4 Å². The largest absolute Gasteiger partial charge is 0.494 e. The maximum Gasteiger partial charge on any atom is 0.152 e. The molecule has 0 bridgehead atoms. The fraction of sp³-hybridized carbons (Fsp3) is 0.0556. The molecule has 1 unspecified atom stereocenters. The number of hydrogen-bond acceptors (Lipinski definition) is 2. The first kappa shape index (κ1) is 13.8. The van der Waals surface area contributed by atoms with E-state index >= 15 is 0 Å². The molecule has 0 aliphatic heterocycles. The van der Waals surface area contributed by atoms with Crippen LogP contribution in [0.25, 0.3) is 22.4 Å². The Hall–Kier alpha value is -2.18. The summed E-state index contributed by atoms with van der Waals surface area (Å²) in [7, 11) is 4.47. The minimum Gasteiger partial charge on any atom is -0.494 e. The molecule has 0 aliphatic carbocycles. The van der Waals surface area contributed by atoms with Gasteiger partial charge in [0, 0.05) is 22.6 Å². The van der Waals surface area contributed by atoms with Gasteiger partial charge < -0.3 is 4.74 Å². The minimum absolute atomic E-state index is 0.799. The van der Waals surface area contributed by atoms with Crippen molar-refractivity contribution < 1.29 is 4.74 Å². The molecule has 0 radical (unpaired) electrons. The zero-order valence-corrected chi connectivity index (χ0v) is 12.9. The van der Waals surface area contributed by atoms with Gasteiger partial charge in [-0.25, -0.2) is 0 Å². The second kappa shape index (κ2) is 6.07. The van der Waals surface area contributed by atoms with Crippen LogP contribution in [-0.4, -0.2) is 12.1 Å². The predicted molar refractivity (Wildman–Crippen MR) is 91.0 cm³/mol. The molecule has 0 fully saturated rings. The molecule has 0 N–H and O–H groups in total. The van der Waals surface area contributed by atoms with Crippen LogP contribution in [0.5, 0.6) is 5.75 Å². The molecule has 0 aliphatic rings. The van der Waals surface area contributed by atoms with Crippen molar-refractivity contribution in [2.45, 2.75) is 0 Å². The monoisotopic (exact) mass is 293 g/mol. The van der Waals surface area contributed by atoms with Gasteiger partial charge in [-0.3, -0.25) is 4.98 Å². The molecule has 0 spiro atoms. The summed E-state index contributed by atoms with van der Waals surface area (Å²) in [6.45, 7) is 0. The Balaban J connectivity index is 2.17. The fourth-order valence-corrected chi connectivity index (χ4v) is 2.86. The van der Waals surface area contributed by atoms with Gasteiger partial charge in [-0.05, 0) is 5.56 Å². The van der Waals surface area contributed by atoms with Crippen molar-refractivity contribution in [1.82, 2.24) is 4.98 Å². The molecule has 3 aromatic rings. The minimum atomic E-state index is 0.799. The normalized spacial score (nSPS) is 10.4. The molecule has 0 amide bonds. The quantitative estimate of drug-likeness (QED) is 0.683. The van der Waals surface area contributed by atoms with Gasteiger partial charge in [-0.2, -0.15) is 0 Å². The average molecular weight is 293 g/mol. The highest BCUT2D eigenvalue weighted by Crippen LogP contribution is 2.31. The van der Waals surface area contributed by atoms with Crippen molar-refractivity contribution in [2.75, 3.05) is 7.11 Å². The highest BCUT2D eigenvalue weighted by Gasteiger charge is 2.14. The molecular formula is C18H16NOP. The van der Waals surface area contributed by atoms with Crippen molar-refractivity contribution in [2.24, 2.45) is 0 Å². The maximum absolute atomic E-state index is 5.61. The van der Waals surface area contributed by atoms with Crippen LogP contribution in [0.2, 0.25) is 0 Å². The number of methoxy groups -OCH3 is 1. The summed E-state index contributed by atoms with van der Waals surface area (Å²) in [5, 5.41) is 1.03. The second-order valence-corrected chi connectivity index (χ2v) is 5.28. The number of aromatic nitrogens is 1. The van der Waals surface area contributed by atoms with Crippen LogP contribution in [0, 0.1) is 0 Å². The highest BCUT2D eigenvalue weighted by molar-refractivity contribution is 7.28. The van der Waals surface area contributed by atoms with E-state index in [-0.39, 0.29) is 0 Å². The molecule has 2 nitrogen and oxygen atoms in total. The molecule has 104 valence electrons. The highest BCUT2D eigenvalue weighted by atomic mass is 31.0. The van der Waals surface area contributed by atoms with E-state index in [1.165, 1.54) is 0 Å². The molecule has 2 aromatic carbocycles. The van der Waals surface area contributed by atoms with Gasteiger partial charge in [0.15, 0.2) is 5.75 Å². The molecule has 0 saturated carbocycles. The maximum atomic E-state index is 5.61. The van der Waals surface area contributed by atoms with E-state index in [1.54, 1.807) is 7.11 Å². The van der Waals surface area contributed by atoms with Crippen LogP contribution in [0.4, 0.5) is 0 Å². The summed E-state index contributed by atoms with van der Waals surface area (Å²) in [5.41, 5.74) is 4.12. The van der Waals surface area contributed by atoms with Gasteiger partial charge >= 0.3 is 0 Å². The van der Waals surface area contributed by atoms with Crippen molar-refractivity contribution in [3.8, 4) is 28.1 Å². The van der Waals surface area contributed by atoms with Crippen LogP contribution in [0.3, 0.4) is 0 Å². The zero-order chi connectivity index (χ0) is 14.7. The zero-order valence-electron chi connectivity index (χ0n) is 11.8. The Labute approximate surface area is 127 Å². The number of hydrogen-bond donors (Lipinski definition) is 0. The molecule has 1 atom stereocenters. The topological polar surface area (TPSA) is 22.1 Å². The van der Waals surface area contributed by atoms with E-state index in [0.717, 1.165) is 33.4 Å². The molecule has 1 aromatic heterocycles. The lowest BCUT2D eigenvalue weighted by Crippen LogP contribution is -2.06. The van der Waals surface area contributed by atoms with Crippen LogP contribution >= 0.6 is 9.24 Å². The van der Waals surface area contributed by atoms with Gasteiger partial charge in [-0.1, -0.05) is 60.7 Å². The third-order valence-corrected chi connectivity index (χ3v) is 3.98. The van der Waals surface area contributed by atoms with Crippen LogP contribution in [-0.2, 0) is 0 Å². The first-order valence-electron chi connectivity index (χ1n) is 6.74. The summed E-state index contributed by atoms with van der Waals surface area (Å²) in [5.74, 6) is 0.799. The van der Waals surface area contributed by atoms with Gasteiger partial charge in [0.2, 0.25) is 0 Å². The molecule has 3 heteroatoms.